The van der Waals surface area contributed by atoms with Crippen molar-refractivity contribution in [3.63, 3.8) is 0 Å². The zero-order chi connectivity index (χ0) is 22.9. The number of nitrogens with one attached hydrogen (secondary N) is 1. The van der Waals surface area contributed by atoms with E-state index in [1.807, 2.05) is 0 Å². The molecule has 2 heterocycles. The minimum Gasteiger partial charge on any atom is -0.465 e. The van der Waals surface area contributed by atoms with Gasteiger partial charge in [0.1, 0.15) is 4.32 Å². The highest BCUT2D eigenvalue weighted by Crippen LogP contribution is 2.32. The Morgan fingerprint density at radius 2 is 1.97 bits per heavy atom. The minimum atomic E-state index is -0.405. The predicted molar refractivity (Wildman–Crippen MR) is 129 cm³/mol. The average Bonchev–Trinajstić information content (AvgIpc) is 3.06. The first-order valence-electron chi connectivity index (χ1n) is 10.1. The highest BCUT2D eigenvalue weighted by molar-refractivity contribution is 8.26. The summed E-state index contributed by atoms with van der Waals surface area (Å²) in [5, 5.41) is 2.81. The van der Waals surface area contributed by atoms with E-state index in [4.69, 9.17) is 12.2 Å². The van der Waals surface area contributed by atoms with Crippen LogP contribution >= 0.6 is 24.0 Å². The van der Waals surface area contributed by atoms with Gasteiger partial charge in [0.15, 0.2) is 0 Å². The lowest BCUT2D eigenvalue weighted by Crippen LogP contribution is -2.29. The molecule has 9 heteroatoms. The fourth-order valence-electron chi connectivity index (χ4n) is 3.07. The van der Waals surface area contributed by atoms with Crippen molar-refractivity contribution in [2.24, 2.45) is 0 Å². The molecule has 1 N–H and O–H groups in total. The third-order valence-electron chi connectivity index (χ3n) is 4.73. The van der Waals surface area contributed by atoms with Crippen LogP contribution in [0.15, 0.2) is 53.7 Å². The van der Waals surface area contributed by atoms with E-state index in [0.29, 0.717) is 33.4 Å². The summed E-state index contributed by atoms with van der Waals surface area (Å²) >= 11 is 6.64. The maximum absolute atomic E-state index is 12.7. The topological polar surface area (TPSA) is 88.6 Å². The van der Waals surface area contributed by atoms with Crippen LogP contribution in [0.3, 0.4) is 0 Å². The van der Waals surface area contributed by atoms with E-state index in [0.717, 1.165) is 24.8 Å². The van der Waals surface area contributed by atoms with Crippen molar-refractivity contribution in [1.29, 1.82) is 0 Å². The SMILES string of the molecule is COC(=O)c1ccc(C=C2SC(=S)N(CCCCCC(=O)Nc3cccnc3)C2=O)cc1. The fourth-order valence-corrected chi connectivity index (χ4v) is 4.38. The molecule has 1 fully saturated rings. The zero-order valence-corrected chi connectivity index (χ0v) is 19.2. The predicted octanol–water partition coefficient (Wildman–Crippen LogP) is 4.27. The zero-order valence-electron chi connectivity index (χ0n) is 17.6. The second kappa shape index (κ2) is 11.5. The van der Waals surface area contributed by atoms with Gasteiger partial charge in [-0.05, 0) is 48.7 Å². The normalized spacial score (nSPS) is 14.7. The maximum atomic E-state index is 12.7. The quantitative estimate of drug-likeness (QED) is 0.254. The summed E-state index contributed by atoms with van der Waals surface area (Å²) in [6.07, 6.45) is 7.73. The number of nitrogens with zero attached hydrogens (tertiary/aromatic N) is 2. The van der Waals surface area contributed by atoms with Crippen LogP contribution < -0.4 is 5.32 Å². The lowest BCUT2D eigenvalue weighted by Gasteiger charge is -2.14. The van der Waals surface area contributed by atoms with Crippen LogP contribution in [0.2, 0.25) is 0 Å². The van der Waals surface area contributed by atoms with Crippen LogP contribution in [0.1, 0.15) is 41.6 Å². The van der Waals surface area contributed by atoms with Gasteiger partial charge in [-0.25, -0.2) is 4.79 Å². The van der Waals surface area contributed by atoms with Crippen molar-refractivity contribution >= 4 is 57.8 Å². The third-order valence-corrected chi connectivity index (χ3v) is 6.11. The molecule has 0 atom stereocenters. The Morgan fingerprint density at radius 3 is 2.66 bits per heavy atom. The smallest absolute Gasteiger partial charge is 0.337 e. The minimum absolute atomic E-state index is 0.0511. The molecule has 0 saturated carbocycles. The van der Waals surface area contributed by atoms with Crippen molar-refractivity contribution in [3.05, 3.63) is 64.8 Å². The van der Waals surface area contributed by atoms with E-state index in [-0.39, 0.29) is 11.8 Å². The van der Waals surface area contributed by atoms with E-state index >= 15 is 0 Å². The highest BCUT2D eigenvalue weighted by Gasteiger charge is 2.31. The average molecular weight is 470 g/mol. The number of thiocarbonyl (C=S) groups is 1. The molecule has 0 spiro atoms. The second-order valence-electron chi connectivity index (χ2n) is 7.05. The largest absolute Gasteiger partial charge is 0.465 e. The Kier molecular flexibility index (Phi) is 8.52. The lowest BCUT2D eigenvalue weighted by atomic mass is 10.1. The number of pyridine rings is 1. The van der Waals surface area contributed by atoms with Crippen molar-refractivity contribution in [3.8, 4) is 0 Å². The summed E-state index contributed by atoms with van der Waals surface area (Å²) in [5.74, 6) is -0.575. The summed E-state index contributed by atoms with van der Waals surface area (Å²) < 4.78 is 5.22. The van der Waals surface area contributed by atoms with Crippen molar-refractivity contribution in [1.82, 2.24) is 9.88 Å². The molecule has 166 valence electrons. The Hall–Kier alpha value is -3.04. The Balaban J connectivity index is 1.44. The molecule has 7 nitrogen and oxygen atoms in total. The number of hydrogen-bond donors (Lipinski definition) is 1. The number of unbranched alkanes of at least 4 members (excludes halogenated alkanes) is 2. The number of hydrogen-bond acceptors (Lipinski definition) is 7. The van der Waals surface area contributed by atoms with E-state index in [1.54, 1.807) is 59.8 Å². The molecular weight excluding hydrogens is 446 g/mol. The number of carbonyl (C=O) groups excluding carboxylic acids is 3. The molecule has 1 aromatic heterocycles. The molecule has 0 bridgehead atoms. The van der Waals surface area contributed by atoms with Gasteiger partial charge in [0, 0.05) is 19.2 Å². The van der Waals surface area contributed by atoms with Gasteiger partial charge in [-0.2, -0.15) is 0 Å². The van der Waals surface area contributed by atoms with Gasteiger partial charge in [0.25, 0.3) is 5.91 Å². The molecule has 3 rings (SSSR count). The molecule has 1 aliphatic rings. The number of amides is 2. The first kappa shape index (κ1) is 23.6. The van der Waals surface area contributed by atoms with Crippen LogP contribution in [0.25, 0.3) is 6.08 Å². The highest BCUT2D eigenvalue weighted by atomic mass is 32.2. The maximum Gasteiger partial charge on any atom is 0.337 e. The van der Waals surface area contributed by atoms with Gasteiger partial charge in [-0.1, -0.05) is 42.5 Å². The fraction of sp³-hybridized carbons (Fsp3) is 0.261. The first-order valence-corrected chi connectivity index (χ1v) is 11.3. The molecule has 0 radical (unpaired) electrons. The Morgan fingerprint density at radius 1 is 1.19 bits per heavy atom. The lowest BCUT2D eigenvalue weighted by molar-refractivity contribution is -0.122. The molecule has 2 aromatic rings. The molecule has 1 aliphatic heterocycles. The number of anilines is 1. The van der Waals surface area contributed by atoms with Gasteiger partial charge < -0.3 is 10.1 Å². The molecular formula is C23H23N3O4S2. The number of thioether (sulfide) groups is 1. The van der Waals surface area contributed by atoms with E-state index in [2.05, 4.69) is 15.0 Å². The second-order valence-corrected chi connectivity index (χ2v) is 8.72. The van der Waals surface area contributed by atoms with Crippen molar-refractivity contribution in [2.45, 2.75) is 25.7 Å². The molecule has 0 aliphatic carbocycles. The van der Waals surface area contributed by atoms with E-state index in [9.17, 15) is 14.4 Å². The monoisotopic (exact) mass is 469 g/mol. The van der Waals surface area contributed by atoms with Gasteiger partial charge in [-0.3, -0.25) is 19.5 Å². The van der Waals surface area contributed by atoms with Crippen molar-refractivity contribution in [2.75, 3.05) is 19.0 Å². The van der Waals surface area contributed by atoms with Gasteiger partial charge in [0.2, 0.25) is 5.91 Å². The van der Waals surface area contributed by atoms with Crippen LogP contribution in [0, 0.1) is 0 Å². The number of aromatic nitrogens is 1. The number of ether oxygens (including phenoxy) is 1. The van der Waals surface area contributed by atoms with Gasteiger partial charge in [-0.15, -0.1) is 0 Å². The van der Waals surface area contributed by atoms with Crippen molar-refractivity contribution < 1.29 is 19.1 Å². The van der Waals surface area contributed by atoms with Crippen LogP contribution in [-0.4, -0.2) is 45.6 Å². The molecule has 32 heavy (non-hydrogen) atoms. The first-order chi connectivity index (χ1) is 15.5. The van der Waals surface area contributed by atoms with Gasteiger partial charge in [0.05, 0.1) is 29.5 Å². The summed E-state index contributed by atoms with van der Waals surface area (Å²) in [5.41, 5.74) is 1.94. The molecule has 1 saturated heterocycles. The summed E-state index contributed by atoms with van der Waals surface area (Å²) in [4.78, 5) is 42.3. The Bertz CT molecular complexity index is 1020. The number of methoxy groups -OCH3 is 1. The van der Waals surface area contributed by atoms with E-state index < -0.39 is 5.97 Å². The Labute approximate surface area is 196 Å². The summed E-state index contributed by atoms with van der Waals surface area (Å²) in [7, 11) is 1.33. The number of esters is 1. The van der Waals surface area contributed by atoms with E-state index in [1.165, 1.54) is 18.9 Å². The van der Waals surface area contributed by atoms with Crippen LogP contribution in [-0.2, 0) is 14.3 Å². The molecule has 0 unspecified atom stereocenters. The summed E-state index contributed by atoms with van der Waals surface area (Å²) in [6.45, 7) is 0.521. The number of benzene rings is 1. The van der Waals surface area contributed by atoms with Crippen LogP contribution in [0.5, 0.6) is 0 Å². The van der Waals surface area contributed by atoms with Crippen LogP contribution in [0.4, 0.5) is 5.69 Å². The standard InChI is InChI=1S/C23H23N3O4S2/c1-30-22(29)17-10-8-16(9-11-17)14-19-21(28)26(23(31)32-19)13-4-2-3-7-20(27)25-18-6-5-12-24-15-18/h5-6,8-12,14-15H,2-4,7,13H2,1H3,(H,25,27). The molecule has 1 aromatic carbocycles. The van der Waals surface area contributed by atoms with Gasteiger partial charge >= 0.3 is 5.97 Å². The number of rotatable bonds is 9. The summed E-state index contributed by atoms with van der Waals surface area (Å²) in [6, 6.07) is 10.4. The number of carbonyl (C=O) groups is 3. The molecule has 2 amide bonds. The third kappa shape index (κ3) is 6.48.